The number of rotatable bonds is 2. The summed E-state index contributed by atoms with van der Waals surface area (Å²) in [6.07, 6.45) is 1.94. The number of benzene rings is 1. The van der Waals surface area contributed by atoms with Crippen molar-refractivity contribution < 1.29 is 19.2 Å². The minimum atomic E-state index is -1.23. The first-order valence-corrected chi connectivity index (χ1v) is 8.58. The second-order valence-corrected chi connectivity index (χ2v) is 6.96. The van der Waals surface area contributed by atoms with Crippen LogP contribution in [0.4, 0.5) is 14.9 Å². The molecule has 1 aromatic rings. The number of amidine groups is 1. The zero-order valence-electron chi connectivity index (χ0n) is 12.7. The number of nitro groups is 1. The van der Waals surface area contributed by atoms with E-state index in [1.54, 1.807) is 0 Å². The maximum absolute atomic E-state index is 14.5. The van der Waals surface area contributed by atoms with Crippen LogP contribution in [-0.2, 0) is 5.54 Å². The Bertz CT molecular complexity index is 727. The van der Waals surface area contributed by atoms with Gasteiger partial charge in [-0.3, -0.25) is 20.4 Å². The molecule has 1 fully saturated rings. The molecule has 0 bridgehead atoms. The molecule has 0 spiro atoms. The fraction of sp³-hybridized carbons (Fsp3) is 0.467. The number of nitro benzene ring substituents is 1. The molecule has 0 radical (unpaired) electrons. The Hall–Kier alpha value is -2.16. The van der Waals surface area contributed by atoms with Crippen molar-refractivity contribution in [2.45, 2.75) is 31.2 Å². The SMILES string of the molecule is O=C(O)NC1=N[C@@]2(c3cc([N+](=O)[O-])ccc3F)CCCC[C@H]2CS1. The molecule has 1 saturated carbocycles. The zero-order chi connectivity index (χ0) is 17.3. The van der Waals surface area contributed by atoms with E-state index in [1.165, 1.54) is 17.8 Å². The van der Waals surface area contributed by atoms with Crippen molar-refractivity contribution in [3.05, 3.63) is 39.7 Å². The Labute approximate surface area is 141 Å². The van der Waals surface area contributed by atoms with Crippen molar-refractivity contribution in [1.82, 2.24) is 5.32 Å². The highest BCUT2D eigenvalue weighted by atomic mass is 32.2. The molecule has 3 rings (SSSR count). The molecular weight excluding hydrogens is 337 g/mol. The molecule has 1 heterocycles. The van der Waals surface area contributed by atoms with E-state index < -0.39 is 22.4 Å². The molecule has 7 nitrogen and oxygen atoms in total. The van der Waals surface area contributed by atoms with E-state index in [9.17, 15) is 19.3 Å². The second-order valence-electron chi connectivity index (χ2n) is 5.95. The molecule has 9 heteroatoms. The highest BCUT2D eigenvalue weighted by Gasteiger charge is 2.47. The predicted octanol–water partition coefficient (Wildman–Crippen LogP) is 3.49. The molecule has 1 amide bonds. The summed E-state index contributed by atoms with van der Waals surface area (Å²) in [4.78, 5) is 25.9. The normalized spacial score (nSPS) is 26.2. The van der Waals surface area contributed by atoms with Crippen molar-refractivity contribution in [1.29, 1.82) is 0 Å². The van der Waals surface area contributed by atoms with E-state index in [4.69, 9.17) is 5.11 Å². The van der Waals surface area contributed by atoms with Crippen LogP contribution in [0, 0.1) is 21.8 Å². The molecule has 0 saturated heterocycles. The molecule has 1 aliphatic heterocycles. The third kappa shape index (κ3) is 2.95. The first-order chi connectivity index (χ1) is 11.4. The fourth-order valence-corrected chi connectivity index (χ4v) is 4.71. The first kappa shape index (κ1) is 16.7. The average molecular weight is 353 g/mol. The van der Waals surface area contributed by atoms with Crippen LogP contribution < -0.4 is 5.32 Å². The average Bonchev–Trinajstić information content (AvgIpc) is 2.54. The number of carboxylic acid groups (broad SMARTS) is 1. The molecule has 2 N–H and O–H groups in total. The van der Waals surface area contributed by atoms with Gasteiger partial charge in [-0.2, -0.15) is 0 Å². The maximum Gasteiger partial charge on any atom is 0.410 e. The molecule has 1 aromatic carbocycles. The van der Waals surface area contributed by atoms with Crippen LogP contribution in [0.3, 0.4) is 0 Å². The molecule has 2 aliphatic rings. The Morgan fingerprint density at radius 3 is 3.00 bits per heavy atom. The van der Waals surface area contributed by atoms with Gasteiger partial charge in [0, 0.05) is 23.4 Å². The number of halogens is 1. The number of nitrogens with one attached hydrogen (secondary N) is 1. The molecule has 0 unspecified atom stereocenters. The summed E-state index contributed by atoms with van der Waals surface area (Å²) in [5.74, 6) is 0.0752. The molecular formula is C15H16FN3O4S. The van der Waals surface area contributed by atoms with Crippen molar-refractivity contribution in [2.24, 2.45) is 10.9 Å². The van der Waals surface area contributed by atoms with Gasteiger partial charge in [0.2, 0.25) is 0 Å². The van der Waals surface area contributed by atoms with Crippen LogP contribution in [0.1, 0.15) is 31.2 Å². The summed E-state index contributed by atoms with van der Waals surface area (Å²) in [7, 11) is 0. The molecule has 2 atom stereocenters. The van der Waals surface area contributed by atoms with Gasteiger partial charge in [0.25, 0.3) is 5.69 Å². The van der Waals surface area contributed by atoms with Gasteiger partial charge in [-0.15, -0.1) is 0 Å². The molecule has 128 valence electrons. The minimum absolute atomic E-state index is 0.0205. The van der Waals surface area contributed by atoms with E-state index in [2.05, 4.69) is 10.3 Å². The van der Waals surface area contributed by atoms with E-state index in [1.807, 2.05) is 0 Å². The lowest BCUT2D eigenvalue weighted by molar-refractivity contribution is -0.385. The van der Waals surface area contributed by atoms with Gasteiger partial charge in [-0.05, 0) is 24.8 Å². The highest BCUT2D eigenvalue weighted by Crippen LogP contribution is 2.50. The molecule has 24 heavy (non-hydrogen) atoms. The maximum atomic E-state index is 14.5. The number of carbonyl (C=O) groups is 1. The van der Waals surface area contributed by atoms with Gasteiger partial charge in [0.05, 0.1) is 10.5 Å². The van der Waals surface area contributed by atoms with Crippen LogP contribution in [-0.4, -0.2) is 27.0 Å². The summed E-state index contributed by atoms with van der Waals surface area (Å²) in [5, 5.41) is 22.4. The van der Waals surface area contributed by atoms with Crippen LogP contribution in [0.15, 0.2) is 23.2 Å². The molecule has 1 aliphatic carbocycles. The van der Waals surface area contributed by atoms with Gasteiger partial charge in [-0.1, -0.05) is 24.6 Å². The third-order valence-corrected chi connectivity index (χ3v) is 5.64. The monoisotopic (exact) mass is 353 g/mol. The van der Waals surface area contributed by atoms with E-state index in [0.717, 1.165) is 31.4 Å². The van der Waals surface area contributed by atoms with E-state index in [-0.39, 0.29) is 22.3 Å². The standard InChI is InChI=1S/C15H16FN3O4S/c16-12-5-4-10(19(22)23)7-11(12)15-6-2-1-3-9(15)8-24-13(18-15)17-14(20)21/h4-5,7,9H,1-3,6,8H2,(H,17,18)(H,20,21)/t9-,15-/m0/s1. The van der Waals surface area contributed by atoms with Crippen LogP contribution >= 0.6 is 11.8 Å². The Kier molecular flexibility index (Phi) is 4.44. The highest BCUT2D eigenvalue weighted by molar-refractivity contribution is 8.13. The number of amides is 1. The van der Waals surface area contributed by atoms with Crippen molar-refractivity contribution in [2.75, 3.05) is 5.75 Å². The van der Waals surface area contributed by atoms with Gasteiger partial charge in [-0.25, -0.2) is 9.18 Å². The smallest absolute Gasteiger partial charge is 0.410 e. The summed E-state index contributed by atoms with van der Waals surface area (Å²) in [5.41, 5.74) is -0.949. The van der Waals surface area contributed by atoms with Gasteiger partial charge < -0.3 is 5.11 Å². The zero-order valence-corrected chi connectivity index (χ0v) is 13.5. The third-order valence-electron chi connectivity index (χ3n) is 4.60. The van der Waals surface area contributed by atoms with Gasteiger partial charge in [0.1, 0.15) is 5.82 Å². The number of thioether (sulfide) groups is 1. The van der Waals surface area contributed by atoms with Gasteiger partial charge in [0.15, 0.2) is 5.17 Å². The quantitative estimate of drug-likeness (QED) is 0.625. The largest absolute Gasteiger partial charge is 0.465 e. The van der Waals surface area contributed by atoms with Crippen molar-refractivity contribution in [3.8, 4) is 0 Å². The number of hydrogen-bond acceptors (Lipinski definition) is 5. The summed E-state index contributed by atoms with van der Waals surface area (Å²) >= 11 is 1.29. The lowest BCUT2D eigenvalue weighted by Gasteiger charge is -2.44. The van der Waals surface area contributed by atoms with E-state index >= 15 is 0 Å². The Balaban J connectivity index is 2.13. The number of aliphatic imine (C=N–C) groups is 1. The lowest BCUT2D eigenvalue weighted by Crippen LogP contribution is -2.44. The van der Waals surface area contributed by atoms with Gasteiger partial charge >= 0.3 is 6.09 Å². The summed E-state index contributed by atoms with van der Waals surface area (Å²) in [6.45, 7) is 0. The minimum Gasteiger partial charge on any atom is -0.465 e. The Morgan fingerprint density at radius 1 is 1.50 bits per heavy atom. The first-order valence-electron chi connectivity index (χ1n) is 7.59. The number of hydrogen-bond donors (Lipinski definition) is 2. The second kappa shape index (κ2) is 6.39. The van der Waals surface area contributed by atoms with Crippen LogP contribution in [0.25, 0.3) is 0 Å². The van der Waals surface area contributed by atoms with E-state index in [0.29, 0.717) is 12.2 Å². The topological polar surface area (TPSA) is 105 Å². The number of fused-ring (bicyclic) bond motifs is 1. The summed E-state index contributed by atoms with van der Waals surface area (Å²) in [6, 6.07) is 3.46. The lowest BCUT2D eigenvalue weighted by atomic mass is 9.69. The Morgan fingerprint density at radius 2 is 2.29 bits per heavy atom. The van der Waals surface area contributed by atoms with Crippen LogP contribution in [0.2, 0.25) is 0 Å². The van der Waals surface area contributed by atoms with Crippen LogP contribution in [0.5, 0.6) is 0 Å². The predicted molar refractivity (Wildman–Crippen MR) is 87.7 cm³/mol. The summed E-state index contributed by atoms with van der Waals surface area (Å²) < 4.78 is 14.5. The fourth-order valence-electron chi connectivity index (χ4n) is 3.52. The van der Waals surface area contributed by atoms with Crippen molar-refractivity contribution in [3.63, 3.8) is 0 Å². The number of nitrogens with zero attached hydrogens (tertiary/aromatic N) is 2. The number of non-ortho nitro benzene ring substituents is 1. The van der Waals surface area contributed by atoms with Crippen molar-refractivity contribution >= 4 is 28.7 Å². The molecule has 0 aromatic heterocycles.